The van der Waals surface area contributed by atoms with Crippen LogP contribution in [0.1, 0.15) is 15.9 Å². The number of hydrogen-bond donors (Lipinski definition) is 0. The van der Waals surface area contributed by atoms with Gasteiger partial charge in [0.1, 0.15) is 5.75 Å². The first kappa shape index (κ1) is 14.8. The Morgan fingerprint density at radius 3 is 2.50 bits per heavy atom. The third kappa shape index (κ3) is 3.71. The molecule has 0 aliphatic heterocycles. The highest BCUT2D eigenvalue weighted by atomic mass is 79.9. The van der Waals surface area contributed by atoms with Crippen LogP contribution in [0.2, 0.25) is 5.02 Å². The Hall–Kier alpha value is -1.58. The van der Waals surface area contributed by atoms with Crippen molar-refractivity contribution in [3.8, 4) is 5.75 Å². The van der Waals surface area contributed by atoms with Gasteiger partial charge in [-0.3, -0.25) is 4.79 Å². The van der Waals surface area contributed by atoms with Crippen molar-refractivity contribution < 1.29 is 9.53 Å². The number of carbonyl (C=O) groups is 1. The number of halogens is 2. The molecule has 0 spiro atoms. The van der Waals surface area contributed by atoms with Crippen LogP contribution >= 0.6 is 27.5 Å². The summed E-state index contributed by atoms with van der Waals surface area (Å²) in [6.07, 6.45) is 3.30. The average molecular weight is 352 g/mol. The molecule has 0 aromatic heterocycles. The van der Waals surface area contributed by atoms with Crippen molar-refractivity contribution in [1.29, 1.82) is 0 Å². The smallest absolute Gasteiger partial charge is 0.185 e. The van der Waals surface area contributed by atoms with Crippen molar-refractivity contribution in [1.82, 2.24) is 0 Å². The molecule has 2 aromatic carbocycles. The molecule has 0 heterocycles. The lowest BCUT2D eigenvalue weighted by atomic mass is 10.1. The normalized spacial score (nSPS) is 10.8. The molecule has 0 saturated heterocycles. The van der Waals surface area contributed by atoms with Crippen LogP contribution < -0.4 is 4.74 Å². The molecule has 0 radical (unpaired) electrons. The molecule has 4 heteroatoms. The molecule has 0 N–H and O–H groups in total. The monoisotopic (exact) mass is 350 g/mol. The number of carbonyl (C=O) groups excluding carboxylic acids is 1. The van der Waals surface area contributed by atoms with E-state index in [1.807, 2.05) is 12.1 Å². The zero-order valence-corrected chi connectivity index (χ0v) is 13.1. The SMILES string of the molecule is COc1ccc(C(=O)/C=C/c2ccc(Cl)cc2)cc1Br. The Kier molecular flexibility index (Phi) is 4.99. The van der Waals surface area contributed by atoms with Crippen molar-refractivity contribution in [3.05, 3.63) is 69.2 Å². The van der Waals surface area contributed by atoms with E-state index in [1.165, 1.54) is 6.08 Å². The number of hydrogen-bond acceptors (Lipinski definition) is 2. The summed E-state index contributed by atoms with van der Waals surface area (Å²) >= 11 is 9.17. The van der Waals surface area contributed by atoms with Crippen LogP contribution in [0.3, 0.4) is 0 Å². The van der Waals surface area contributed by atoms with E-state index >= 15 is 0 Å². The van der Waals surface area contributed by atoms with Crippen LogP contribution in [0, 0.1) is 0 Å². The maximum atomic E-state index is 12.1. The predicted octanol–water partition coefficient (Wildman–Crippen LogP) is 5.01. The third-order valence-corrected chi connectivity index (χ3v) is 3.61. The van der Waals surface area contributed by atoms with Crippen LogP contribution in [0.25, 0.3) is 6.08 Å². The first-order valence-electron chi connectivity index (χ1n) is 5.91. The fourth-order valence-corrected chi connectivity index (χ4v) is 2.33. The summed E-state index contributed by atoms with van der Waals surface area (Å²) in [5.74, 6) is 0.631. The van der Waals surface area contributed by atoms with Crippen molar-refractivity contribution >= 4 is 39.4 Å². The van der Waals surface area contributed by atoms with E-state index in [-0.39, 0.29) is 5.78 Å². The summed E-state index contributed by atoms with van der Waals surface area (Å²) in [5, 5.41) is 0.674. The van der Waals surface area contributed by atoms with E-state index in [0.717, 1.165) is 10.0 Å². The number of methoxy groups -OCH3 is 1. The van der Waals surface area contributed by atoms with E-state index in [2.05, 4.69) is 15.9 Å². The standard InChI is InChI=1S/C16H12BrClO2/c1-20-16-9-5-12(10-14(16)17)15(19)8-4-11-2-6-13(18)7-3-11/h2-10H,1H3/b8-4+. The Bertz CT molecular complexity index is 648. The van der Waals surface area contributed by atoms with Gasteiger partial charge in [-0.1, -0.05) is 29.8 Å². The van der Waals surface area contributed by atoms with Gasteiger partial charge < -0.3 is 4.74 Å². The molecule has 0 amide bonds. The fourth-order valence-electron chi connectivity index (χ4n) is 1.66. The van der Waals surface area contributed by atoms with E-state index in [9.17, 15) is 4.79 Å². The molecule has 0 aliphatic carbocycles. The van der Waals surface area contributed by atoms with Crippen LogP contribution in [-0.2, 0) is 0 Å². The molecule has 0 saturated carbocycles. The Balaban J connectivity index is 2.15. The summed E-state index contributed by atoms with van der Waals surface area (Å²) in [6.45, 7) is 0. The van der Waals surface area contributed by atoms with Gasteiger partial charge in [0.15, 0.2) is 5.78 Å². The lowest BCUT2D eigenvalue weighted by molar-refractivity contribution is 0.104. The van der Waals surface area contributed by atoms with Gasteiger partial charge in [-0.2, -0.15) is 0 Å². The van der Waals surface area contributed by atoms with Crippen LogP contribution in [0.15, 0.2) is 53.0 Å². The molecular weight excluding hydrogens is 340 g/mol. The van der Waals surface area contributed by atoms with E-state index < -0.39 is 0 Å². The molecule has 0 unspecified atom stereocenters. The average Bonchev–Trinajstić information content (AvgIpc) is 2.46. The molecule has 0 aliphatic rings. The topological polar surface area (TPSA) is 26.3 Å². The molecule has 2 rings (SSSR count). The largest absolute Gasteiger partial charge is 0.496 e. The summed E-state index contributed by atoms with van der Waals surface area (Å²) in [5.41, 5.74) is 1.53. The van der Waals surface area contributed by atoms with E-state index in [0.29, 0.717) is 16.3 Å². The molecule has 20 heavy (non-hydrogen) atoms. The van der Waals surface area contributed by atoms with Crippen LogP contribution in [0.4, 0.5) is 0 Å². The van der Waals surface area contributed by atoms with Gasteiger partial charge >= 0.3 is 0 Å². The van der Waals surface area contributed by atoms with Gasteiger partial charge in [0.2, 0.25) is 0 Å². The molecular formula is C16H12BrClO2. The zero-order valence-electron chi connectivity index (χ0n) is 10.8. The first-order valence-corrected chi connectivity index (χ1v) is 7.09. The van der Waals surface area contributed by atoms with Crippen molar-refractivity contribution in [2.75, 3.05) is 7.11 Å². The van der Waals surface area contributed by atoms with E-state index in [1.54, 1.807) is 43.5 Å². The number of allylic oxidation sites excluding steroid dienone is 1. The van der Waals surface area contributed by atoms with Gasteiger partial charge in [-0.15, -0.1) is 0 Å². The molecule has 2 nitrogen and oxygen atoms in total. The predicted molar refractivity (Wildman–Crippen MR) is 85.5 cm³/mol. The Labute approximate surface area is 131 Å². The van der Waals surface area contributed by atoms with Gasteiger partial charge in [0.05, 0.1) is 11.6 Å². The van der Waals surface area contributed by atoms with Gasteiger partial charge in [-0.25, -0.2) is 0 Å². The second-order valence-corrected chi connectivity index (χ2v) is 5.39. The Morgan fingerprint density at radius 2 is 1.90 bits per heavy atom. The highest BCUT2D eigenvalue weighted by Gasteiger charge is 2.06. The molecule has 2 aromatic rings. The van der Waals surface area contributed by atoms with Crippen molar-refractivity contribution in [3.63, 3.8) is 0 Å². The molecule has 0 atom stereocenters. The quantitative estimate of drug-likeness (QED) is 0.572. The molecule has 0 fully saturated rings. The number of ketones is 1. The molecule has 102 valence electrons. The Morgan fingerprint density at radius 1 is 1.20 bits per heavy atom. The number of benzene rings is 2. The summed E-state index contributed by atoms with van der Waals surface area (Å²) in [4.78, 5) is 12.1. The zero-order chi connectivity index (χ0) is 14.5. The van der Waals surface area contributed by atoms with Gasteiger partial charge in [-0.05, 0) is 57.9 Å². The van der Waals surface area contributed by atoms with E-state index in [4.69, 9.17) is 16.3 Å². The van der Waals surface area contributed by atoms with Crippen molar-refractivity contribution in [2.24, 2.45) is 0 Å². The first-order chi connectivity index (χ1) is 9.60. The summed E-state index contributed by atoms with van der Waals surface area (Å²) < 4.78 is 5.89. The third-order valence-electron chi connectivity index (χ3n) is 2.73. The minimum absolute atomic E-state index is 0.0664. The minimum Gasteiger partial charge on any atom is -0.496 e. The lowest BCUT2D eigenvalue weighted by Gasteiger charge is -2.04. The fraction of sp³-hybridized carbons (Fsp3) is 0.0625. The minimum atomic E-state index is -0.0664. The maximum absolute atomic E-state index is 12.1. The number of ether oxygens (including phenoxy) is 1. The van der Waals surface area contributed by atoms with Gasteiger partial charge in [0, 0.05) is 10.6 Å². The lowest BCUT2D eigenvalue weighted by Crippen LogP contribution is -1.95. The maximum Gasteiger partial charge on any atom is 0.185 e. The highest BCUT2D eigenvalue weighted by Crippen LogP contribution is 2.25. The summed E-state index contributed by atoms with van der Waals surface area (Å²) in [6, 6.07) is 12.5. The second-order valence-electron chi connectivity index (χ2n) is 4.10. The number of rotatable bonds is 4. The van der Waals surface area contributed by atoms with Crippen LogP contribution in [0.5, 0.6) is 5.75 Å². The highest BCUT2D eigenvalue weighted by molar-refractivity contribution is 9.10. The summed E-state index contributed by atoms with van der Waals surface area (Å²) in [7, 11) is 1.59. The second kappa shape index (κ2) is 6.73. The van der Waals surface area contributed by atoms with Crippen LogP contribution in [-0.4, -0.2) is 12.9 Å². The van der Waals surface area contributed by atoms with Gasteiger partial charge in [0.25, 0.3) is 0 Å². The van der Waals surface area contributed by atoms with Crippen molar-refractivity contribution in [2.45, 2.75) is 0 Å². The molecule has 0 bridgehead atoms.